The van der Waals surface area contributed by atoms with Crippen LogP contribution in [0.15, 0.2) is 6.07 Å². The maximum Gasteiger partial charge on any atom is 0.451 e. The fourth-order valence-corrected chi connectivity index (χ4v) is 1.98. The van der Waals surface area contributed by atoms with Crippen molar-refractivity contribution >= 4 is 17.5 Å². The molecule has 0 aromatic carbocycles. The van der Waals surface area contributed by atoms with Gasteiger partial charge in [-0.05, 0) is 20.8 Å². The summed E-state index contributed by atoms with van der Waals surface area (Å²) in [5.41, 5.74) is -2.79. The highest BCUT2D eigenvalue weighted by molar-refractivity contribution is 6.11. The molecule has 6 nitrogen and oxygen atoms in total. The lowest BCUT2D eigenvalue weighted by molar-refractivity contribution is -0.185. The normalized spacial score (nSPS) is 12.9. The summed E-state index contributed by atoms with van der Waals surface area (Å²) >= 11 is 0. The lowest BCUT2D eigenvalue weighted by Crippen LogP contribution is -2.40. The van der Waals surface area contributed by atoms with E-state index in [1.165, 1.54) is 20.8 Å². The zero-order valence-corrected chi connectivity index (χ0v) is 14.5. The first kappa shape index (κ1) is 22.5. The molecule has 0 saturated heterocycles. The van der Waals surface area contributed by atoms with Crippen molar-refractivity contribution in [3.8, 4) is 5.75 Å². The predicted molar refractivity (Wildman–Crippen MR) is 77.4 cm³/mol. The van der Waals surface area contributed by atoms with E-state index in [2.05, 4.69) is 0 Å². The van der Waals surface area contributed by atoms with Gasteiger partial charge in [0, 0.05) is 11.8 Å². The molecule has 12 heteroatoms. The molecule has 1 N–H and O–H groups in total. The van der Waals surface area contributed by atoms with Gasteiger partial charge in [0.15, 0.2) is 11.4 Å². The van der Waals surface area contributed by atoms with E-state index in [4.69, 9.17) is 9.47 Å². The molecule has 1 aromatic heterocycles. The van der Waals surface area contributed by atoms with Gasteiger partial charge in [0.25, 0.3) is 11.6 Å². The average molecular weight is 403 g/mol. The van der Waals surface area contributed by atoms with Gasteiger partial charge in [0.2, 0.25) is 0 Å². The Morgan fingerprint density at radius 1 is 0.963 bits per heavy atom. The number of halogens is 6. The standard InChI is InChI=1S/C15H15F6NO5/c1-13(2,3)27-12(25)9-7(26-4)5-6(22-9)8(10(23)14(16,17)18)11(24)15(19,20)21/h5,8,22H,1-4H3. The largest absolute Gasteiger partial charge is 0.494 e. The van der Waals surface area contributed by atoms with E-state index in [0.29, 0.717) is 6.07 Å². The zero-order chi connectivity index (χ0) is 21.4. The van der Waals surface area contributed by atoms with Crippen molar-refractivity contribution in [3.05, 3.63) is 17.5 Å². The van der Waals surface area contributed by atoms with E-state index < -0.39 is 58.5 Å². The summed E-state index contributed by atoms with van der Waals surface area (Å²) in [6.45, 7) is 4.39. The summed E-state index contributed by atoms with van der Waals surface area (Å²) < 4.78 is 85.9. The number of rotatable bonds is 5. The van der Waals surface area contributed by atoms with Crippen LogP contribution in [0.25, 0.3) is 0 Å². The maximum absolute atomic E-state index is 12.7. The average Bonchev–Trinajstić information content (AvgIpc) is 2.87. The molecule has 0 fully saturated rings. The first-order valence-electron chi connectivity index (χ1n) is 7.21. The van der Waals surface area contributed by atoms with Crippen molar-refractivity contribution in [2.75, 3.05) is 7.11 Å². The smallest absolute Gasteiger partial charge is 0.451 e. The molecule has 152 valence electrons. The van der Waals surface area contributed by atoms with Gasteiger partial charge in [0.05, 0.1) is 7.11 Å². The summed E-state index contributed by atoms with van der Waals surface area (Å²) in [5.74, 6) is -10.8. The SMILES string of the molecule is COc1cc(C(C(=O)C(F)(F)F)C(=O)C(F)(F)F)[nH]c1C(=O)OC(C)(C)C. The molecule has 1 rings (SSSR count). The molecule has 0 radical (unpaired) electrons. The molecule has 0 aliphatic heterocycles. The van der Waals surface area contributed by atoms with Crippen molar-refractivity contribution in [2.24, 2.45) is 0 Å². The van der Waals surface area contributed by atoms with Gasteiger partial charge in [-0.15, -0.1) is 0 Å². The second-order valence-electron chi connectivity index (χ2n) is 6.33. The number of carbonyl (C=O) groups excluding carboxylic acids is 3. The van der Waals surface area contributed by atoms with Gasteiger partial charge in [-0.2, -0.15) is 26.3 Å². The summed E-state index contributed by atoms with van der Waals surface area (Å²) in [6, 6.07) is 0.539. The van der Waals surface area contributed by atoms with Gasteiger partial charge in [-0.25, -0.2) is 4.79 Å². The molecule has 0 aliphatic rings. The van der Waals surface area contributed by atoms with Crippen LogP contribution in [0.5, 0.6) is 5.75 Å². The molecule has 0 spiro atoms. The highest BCUT2D eigenvalue weighted by Crippen LogP contribution is 2.36. The topological polar surface area (TPSA) is 85.5 Å². The van der Waals surface area contributed by atoms with E-state index >= 15 is 0 Å². The van der Waals surface area contributed by atoms with Crippen LogP contribution >= 0.6 is 0 Å². The molecular weight excluding hydrogens is 388 g/mol. The monoisotopic (exact) mass is 403 g/mol. The summed E-state index contributed by atoms with van der Waals surface area (Å²) in [5, 5.41) is 0. The van der Waals surface area contributed by atoms with Gasteiger partial charge >= 0.3 is 18.3 Å². The number of ketones is 2. The van der Waals surface area contributed by atoms with Crippen molar-refractivity contribution in [1.82, 2.24) is 4.98 Å². The summed E-state index contributed by atoms with van der Waals surface area (Å²) in [7, 11) is 0.979. The van der Waals surface area contributed by atoms with Crippen LogP contribution < -0.4 is 4.74 Å². The van der Waals surface area contributed by atoms with Crippen LogP contribution in [0.1, 0.15) is 42.9 Å². The molecule has 1 heterocycles. The third kappa shape index (κ3) is 5.47. The van der Waals surface area contributed by atoms with E-state index in [-0.39, 0.29) is 0 Å². The first-order chi connectivity index (χ1) is 12.0. The number of ether oxygens (including phenoxy) is 2. The third-order valence-corrected chi connectivity index (χ3v) is 3.02. The number of aromatic amines is 1. The van der Waals surface area contributed by atoms with Crippen molar-refractivity contribution < 1.29 is 50.2 Å². The van der Waals surface area contributed by atoms with Crippen LogP contribution in [-0.2, 0) is 14.3 Å². The van der Waals surface area contributed by atoms with Crippen molar-refractivity contribution in [2.45, 2.75) is 44.6 Å². The Hall–Kier alpha value is -2.53. The number of Topliss-reactive ketones (excluding diaryl/α,β-unsaturated/α-hetero) is 2. The molecular formula is C15H15F6NO5. The van der Waals surface area contributed by atoms with E-state index in [9.17, 15) is 40.7 Å². The highest BCUT2D eigenvalue weighted by atomic mass is 19.4. The number of hydrogen-bond donors (Lipinski definition) is 1. The molecule has 27 heavy (non-hydrogen) atoms. The number of hydrogen-bond acceptors (Lipinski definition) is 5. The molecule has 0 bridgehead atoms. The minimum absolute atomic E-state index is 0.491. The Labute approximate surface area is 148 Å². The Balaban J connectivity index is 3.50. The Bertz CT molecular complexity index is 715. The number of aromatic nitrogens is 1. The minimum Gasteiger partial charge on any atom is -0.494 e. The summed E-state index contributed by atoms with van der Waals surface area (Å²) in [4.78, 5) is 36.9. The van der Waals surface area contributed by atoms with Crippen LogP contribution in [0.4, 0.5) is 26.3 Å². The first-order valence-corrected chi connectivity index (χ1v) is 7.21. The Kier molecular flexibility index (Phi) is 6.03. The second kappa shape index (κ2) is 7.24. The van der Waals surface area contributed by atoms with Crippen LogP contribution in [-0.4, -0.2) is 47.6 Å². The van der Waals surface area contributed by atoms with E-state index in [1.807, 2.05) is 4.98 Å². The Morgan fingerprint density at radius 2 is 1.41 bits per heavy atom. The number of esters is 1. The fourth-order valence-electron chi connectivity index (χ4n) is 1.98. The fraction of sp³-hybridized carbons (Fsp3) is 0.533. The lowest BCUT2D eigenvalue weighted by atomic mass is 9.94. The number of nitrogens with one attached hydrogen (secondary N) is 1. The third-order valence-electron chi connectivity index (χ3n) is 3.02. The number of methoxy groups -OCH3 is 1. The molecule has 0 amide bonds. The van der Waals surface area contributed by atoms with E-state index in [0.717, 1.165) is 7.11 Å². The number of carbonyl (C=O) groups is 3. The van der Waals surface area contributed by atoms with Crippen LogP contribution in [0.2, 0.25) is 0 Å². The predicted octanol–water partition coefficient (Wildman–Crippen LogP) is 3.33. The van der Waals surface area contributed by atoms with E-state index in [1.54, 1.807) is 0 Å². The number of H-pyrrole nitrogens is 1. The van der Waals surface area contributed by atoms with Crippen molar-refractivity contribution in [1.29, 1.82) is 0 Å². The molecule has 1 aromatic rings. The van der Waals surface area contributed by atoms with Crippen LogP contribution in [0, 0.1) is 0 Å². The van der Waals surface area contributed by atoms with Gasteiger partial charge in [0.1, 0.15) is 11.5 Å². The summed E-state index contributed by atoms with van der Waals surface area (Å²) in [6.07, 6.45) is -11.5. The molecule has 0 saturated carbocycles. The molecule has 0 aliphatic carbocycles. The lowest BCUT2D eigenvalue weighted by Gasteiger charge is -2.19. The zero-order valence-electron chi connectivity index (χ0n) is 14.5. The Morgan fingerprint density at radius 3 is 1.74 bits per heavy atom. The van der Waals surface area contributed by atoms with Crippen molar-refractivity contribution in [3.63, 3.8) is 0 Å². The van der Waals surface area contributed by atoms with Gasteiger partial charge in [-0.3, -0.25) is 9.59 Å². The maximum atomic E-state index is 12.7. The van der Waals surface area contributed by atoms with Gasteiger partial charge in [-0.1, -0.05) is 0 Å². The highest BCUT2D eigenvalue weighted by Gasteiger charge is 2.55. The number of alkyl halides is 6. The van der Waals surface area contributed by atoms with Gasteiger partial charge < -0.3 is 14.5 Å². The second-order valence-corrected chi connectivity index (χ2v) is 6.33. The molecule has 0 unspecified atom stereocenters. The molecule has 0 atom stereocenters. The quantitative estimate of drug-likeness (QED) is 0.463. The minimum atomic E-state index is -5.73. The van der Waals surface area contributed by atoms with Crippen LogP contribution in [0.3, 0.4) is 0 Å².